The standard InChI is InChI=1S/C19H32O4S/c1-2-3-4-6-11-22-13-16-15(17-9-10-18(16)23-17)8-5-7-12-24-14-19(20)21/h5,7,15-18H,2-4,6,8-14H2,1H3,(H,20,21)/t15-,16+,17-,18+/m0/s1. The molecule has 2 fully saturated rings. The lowest BCUT2D eigenvalue weighted by Gasteiger charge is -2.27. The zero-order valence-electron chi connectivity index (χ0n) is 14.8. The number of ether oxygens (including phenoxy) is 2. The third-order valence-corrected chi connectivity index (χ3v) is 5.94. The summed E-state index contributed by atoms with van der Waals surface area (Å²) in [5, 5.41) is 8.62. The van der Waals surface area contributed by atoms with E-state index in [1.165, 1.54) is 50.3 Å². The molecule has 0 aromatic rings. The van der Waals surface area contributed by atoms with Crippen LogP contribution in [-0.2, 0) is 14.3 Å². The van der Waals surface area contributed by atoms with Gasteiger partial charge in [0, 0.05) is 18.3 Å². The van der Waals surface area contributed by atoms with Gasteiger partial charge in [0.25, 0.3) is 0 Å². The van der Waals surface area contributed by atoms with E-state index in [0.29, 0.717) is 24.0 Å². The number of rotatable bonds is 13. The van der Waals surface area contributed by atoms with Gasteiger partial charge >= 0.3 is 5.97 Å². The first-order valence-corrected chi connectivity index (χ1v) is 10.6. The lowest BCUT2D eigenvalue weighted by Crippen LogP contribution is -2.30. The van der Waals surface area contributed by atoms with Crippen molar-refractivity contribution in [3.05, 3.63) is 12.2 Å². The van der Waals surface area contributed by atoms with Crippen molar-refractivity contribution in [2.45, 2.75) is 64.1 Å². The quantitative estimate of drug-likeness (QED) is 0.397. The minimum Gasteiger partial charge on any atom is -0.481 e. The molecule has 0 aliphatic carbocycles. The average molecular weight is 357 g/mol. The lowest BCUT2D eigenvalue weighted by molar-refractivity contribution is -0.133. The van der Waals surface area contributed by atoms with Gasteiger partial charge in [-0.2, -0.15) is 0 Å². The molecule has 0 aromatic heterocycles. The van der Waals surface area contributed by atoms with Gasteiger partial charge in [-0.25, -0.2) is 0 Å². The molecule has 1 N–H and O–H groups in total. The Morgan fingerprint density at radius 2 is 2.00 bits per heavy atom. The second kappa shape index (κ2) is 11.2. The van der Waals surface area contributed by atoms with Crippen molar-refractivity contribution in [1.29, 1.82) is 0 Å². The largest absolute Gasteiger partial charge is 0.481 e. The van der Waals surface area contributed by atoms with Crippen molar-refractivity contribution >= 4 is 17.7 Å². The molecule has 2 rings (SSSR count). The maximum atomic E-state index is 10.5. The third-order valence-electron chi connectivity index (χ3n) is 5.06. The van der Waals surface area contributed by atoms with Crippen LogP contribution in [0.4, 0.5) is 0 Å². The molecule has 2 aliphatic heterocycles. The maximum absolute atomic E-state index is 10.5. The smallest absolute Gasteiger partial charge is 0.313 e. The fraction of sp³-hybridized carbons (Fsp3) is 0.842. The number of carbonyl (C=O) groups is 1. The van der Waals surface area contributed by atoms with E-state index >= 15 is 0 Å². The van der Waals surface area contributed by atoms with Crippen LogP contribution in [0.1, 0.15) is 51.9 Å². The van der Waals surface area contributed by atoms with Crippen LogP contribution in [0.2, 0.25) is 0 Å². The Kier molecular flexibility index (Phi) is 9.21. The molecule has 2 saturated heterocycles. The van der Waals surface area contributed by atoms with Crippen molar-refractivity contribution < 1.29 is 19.4 Å². The lowest BCUT2D eigenvalue weighted by atomic mass is 9.78. The van der Waals surface area contributed by atoms with Gasteiger partial charge in [0.15, 0.2) is 0 Å². The molecule has 0 radical (unpaired) electrons. The monoisotopic (exact) mass is 356 g/mol. The summed E-state index contributed by atoms with van der Waals surface area (Å²) in [7, 11) is 0. The van der Waals surface area contributed by atoms with Crippen molar-refractivity contribution in [1.82, 2.24) is 0 Å². The van der Waals surface area contributed by atoms with Gasteiger partial charge in [0.2, 0.25) is 0 Å². The predicted octanol–water partition coefficient (Wildman–Crippen LogP) is 4.14. The molecule has 2 aliphatic rings. The minimum atomic E-state index is -0.744. The van der Waals surface area contributed by atoms with Crippen molar-refractivity contribution in [3.63, 3.8) is 0 Å². The van der Waals surface area contributed by atoms with E-state index in [4.69, 9.17) is 14.6 Å². The third kappa shape index (κ3) is 6.41. The topological polar surface area (TPSA) is 55.8 Å². The Morgan fingerprint density at radius 1 is 1.21 bits per heavy atom. The van der Waals surface area contributed by atoms with Crippen molar-refractivity contribution in [2.75, 3.05) is 24.7 Å². The number of hydrogen-bond donors (Lipinski definition) is 1. The fourth-order valence-corrected chi connectivity index (χ4v) is 4.38. The molecule has 0 saturated carbocycles. The molecule has 138 valence electrons. The second-order valence-electron chi connectivity index (χ2n) is 6.87. The Labute approximate surface area is 150 Å². The van der Waals surface area contributed by atoms with Crippen LogP contribution in [0.25, 0.3) is 0 Å². The maximum Gasteiger partial charge on any atom is 0.313 e. The molecule has 0 aromatic carbocycles. The molecule has 5 heteroatoms. The SMILES string of the molecule is CCCCCCOC[C@@H]1[C@H](CC=CCSCC(=O)O)[C@@H]2CC[C@H]1O2. The van der Waals surface area contributed by atoms with Crippen LogP contribution in [-0.4, -0.2) is 48.0 Å². The van der Waals surface area contributed by atoms with Gasteiger partial charge in [-0.05, 0) is 31.6 Å². The molecule has 0 amide bonds. The van der Waals surface area contributed by atoms with E-state index in [1.54, 1.807) is 0 Å². The number of unbranched alkanes of at least 4 members (excludes halogenated alkanes) is 3. The van der Waals surface area contributed by atoms with Gasteiger partial charge in [0.1, 0.15) is 0 Å². The summed E-state index contributed by atoms with van der Waals surface area (Å²) in [4.78, 5) is 10.5. The van der Waals surface area contributed by atoms with Crippen LogP contribution in [0.5, 0.6) is 0 Å². The molecule has 0 spiro atoms. The Hall–Kier alpha value is -0.520. The van der Waals surface area contributed by atoms with E-state index in [0.717, 1.165) is 25.4 Å². The first-order valence-electron chi connectivity index (χ1n) is 9.40. The van der Waals surface area contributed by atoms with E-state index in [-0.39, 0.29) is 5.75 Å². The zero-order valence-corrected chi connectivity index (χ0v) is 15.6. The second-order valence-corrected chi connectivity index (χ2v) is 7.90. The predicted molar refractivity (Wildman–Crippen MR) is 98.6 cm³/mol. The highest BCUT2D eigenvalue weighted by molar-refractivity contribution is 8.00. The summed E-state index contributed by atoms with van der Waals surface area (Å²) in [5.74, 6) is 1.31. The Balaban J connectivity index is 1.65. The summed E-state index contributed by atoms with van der Waals surface area (Å²) in [6, 6.07) is 0. The first-order chi connectivity index (χ1) is 11.7. The highest BCUT2D eigenvalue weighted by atomic mass is 32.2. The van der Waals surface area contributed by atoms with Gasteiger partial charge in [-0.15, -0.1) is 11.8 Å². The number of allylic oxidation sites excluding steroid dienone is 1. The molecule has 0 unspecified atom stereocenters. The molecule has 24 heavy (non-hydrogen) atoms. The summed E-state index contributed by atoms with van der Waals surface area (Å²) in [5.41, 5.74) is 0. The van der Waals surface area contributed by atoms with Crippen LogP contribution < -0.4 is 0 Å². The average Bonchev–Trinajstić information content (AvgIpc) is 3.15. The number of thioether (sulfide) groups is 1. The van der Waals surface area contributed by atoms with Gasteiger partial charge in [0.05, 0.1) is 24.6 Å². The number of carboxylic acid groups (broad SMARTS) is 1. The molecule has 2 heterocycles. The van der Waals surface area contributed by atoms with E-state index in [1.807, 2.05) is 0 Å². The van der Waals surface area contributed by atoms with E-state index in [9.17, 15) is 4.79 Å². The van der Waals surface area contributed by atoms with Gasteiger partial charge in [-0.1, -0.05) is 38.3 Å². The zero-order chi connectivity index (χ0) is 17.2. The number of hydrogen-bond acceptors (Lipinski definition) is 4. The fourth-order valence-electron chi connectivity index (χ4n) is 3.81. The first kappa shape index (κ1) is 19.8. The van der Waals surface area contributed by atoms with E-state index in [2.05, 4.69) is 19.1 Å². The summed E-state index contributed by atoms with van der Waals surface area (Å²) < 4.78 is 12.1. The van der Waals surface area contributed by atoms with Gasteiger partial charge < -0.3 is 14.6 Å². The van der Waals surface area contributed by atoms with Crippen molar-refractivity contribution in [3.8, 4) is 0 Å². The number of aliphatic carboxylic acids is 1. The number of carboxylic acids is 1. The van der Waals surface area contributed by atoms with Crippen LogP contribution >= 0.6 is 11.8 Å². The van der Waals surface area contributed by atoms with Crippen LogP contribution in [0, 0.1) is 11.8 Å². The minimum absolute atomic E-state index is 0.177. The normalized spacial score (nSPS) is 28.9. The Morgan fingerprint density at radius 3 is 2.75 bits per heavy atom. The van der Waals surface area contributed by atoms with Crippen LogP contribution in [0.15, 0.2) is 12.2 Å². The molecule has 4 atom stereocenters. The highest BCUT2D eigenvalue weighted by Crippen LogP contribution is 2.45. The molecule has 4 nitrogen and oxygen atoms in total. The highest BCUT2D eigenvalue weighted by Gasteiger charge is 2.48. The Bertz CT molecular complexity index is 399. The summed E-state index contributed by atoms with van der Waals surface area (Å²) in [6.07, 6.45) is 13.5. The van der Waals surface area contributed by atoms with Crippen molar-refractivity contribution in [2.24, 2.45) is 11.8 Å². The molecular weight excluding hydrogens is 324 g/mol. The van der Waals surface area contributed by atoms with Crippen LogP contribution in [0.3, 0.4) is 0 Å². The summed E-state index contributed by atoms with van der Waals surface area (Å²) >= 11 is 1.44. The molecular formula is C19H32O4S. The summed E-state index contributed by atoms with van der Waals surface area (Å²) in [6.45, 7) is 3.94. The van der Waals surface area contributed by atoms with Gasteiger partial charge in [-0.3, -0.25) is 4.79 Å². The van der Waals surface area contributed by atoms with E-state index < -0.39 is 5.97 Å². The molecule has 2 bridgehead atoms. The number of fused-ring (bicyclic) bond motifs is 2.